The number of nitrogens with zero attached hydrogens (tertiary/aromatic N) is 1. The standard InChI is InChI=1S/C14H32N4/c1-2-3-4-5-6-7-8-9-10-11-12-13-14(17-15)18-16/h2-13,15-16H2,1H3,(H,17,18). The van der Waals surface area contributed by atoms with Crippen LogP contribution < -0.4 is 17.1 Å². The van der Waals surface area contributed by atoms with E-state index >= 15 is 0 Å². The van der Waals surface area contributed by atoms with Crippen LogP contribution in [0.25, 0.3) is 0 Å². The molecule has 0 saturated heterocycles. The van der Waals surface area contributed by atoms with E-state index < -0.39 is 0 Å². The van der Waals surface area contributed by atoms with Gasteiger partial charge in [0.1, 0.15) is 5.84 Å². The minimum atomic E-state index is 0.700. The molecule has 0 aliphatic heterocycles. The number of amidine groups is 1. The maximum atomic E-state index is 5.25. The van der Waals surface area contributed by atoms with Crippen LogP contribution in [-0.4, -0.2) is 5.84 Å². The normalized spacial score (nSPS) is 11.8. The lowest BCUT2D eigenvalue weighted by molar-refractivity contribution is 0.551. The van der Waals surface area contributed by atoms with Gasteiger partial charge in [-0.05, 0) is 6.42 Å². The predicted octanol–water partition coefficient (Wildman–Crippen LogP) is 3.42. The molecular weight excluding hydrogens is 224 g/mol. The number of nitrogens with one attached hydrogen (secondary N) is 1. The van der Waals surface area contributed by atoms with Gasteiger partial charge in [-0.15, -0.1) is 0 Å². The Balaban J connectivity index is 3.07. The summed E-state index contributed by atoms with van der Waals surface area (Å²) in [5.41, 5.74) is 2.51. The highest BCUT2D eigenvalue weighted by molar-refractivity contribution is 5.81. The predicted molar refractivity (Wildman–Crippen MR) is 80.0 cm³/mol. The van der Waals surface area contributed by atoms with Gasteiger partial charge in [-0.1, -0.05) is 71.1 Å². The third-order valence-corrected chi connectivity index (χ3v) is 3.34. The van der Waals surface area contributed by atoms with Crippen molar-refractivity contribution in [2.75, 3.05) is 0 Å². The lowest BCUT2D eigenvalue weighted by atomic mass is 10.1. The first-order chi connectivity index (χ1) is 8.85. The van der Waals surface area contributed by atoms with Crippen LogP contribution in [0.1, 0.15) is 84.0 Å². The molecule has 0 spiro atoms. The van der Waals surface area contributed by atoms with E-state index in [-0.39, 0.29) is 0 Å². The zero-order valence-corrected chi connectivity index (χ0v) is 12.1. The largest absolute Gasteiger partial charge is 0.322 e. The molecule has 0 rings (SSSR count). The Morgan fingerprint density at radius 2 is 1.28 bits per heavy atom. The monoisotopic (exact) mass is 256 g/mol. The van der Waals surface area contributed by atoms with Crippen LogP contribution in [0, 0.1) is 0 Å². The quantitative estimate of drug-likeness (QED) is 0.165. The molecule has 4 heteroatoms. The molecule has 108 valence electrons. The van der Waals surface area contributed by atoms with Crippen molar-refractivity contribution in [2.45, 2.75) is 84.0 Å². The van der Waals surface area contributed by atoms with Crippen LogP contribution in [0.2, 0.25) is 0 Å². The number of hydrazine groups is 1. The highest BCUT2D eigenvalue weighted by Crippen LogP contribution is 2.11. The van der Waals surface area contributed by atoms with E-state index in [1.807, 2.05) is 0 Å². The molecule has 0 aliphatic rings. The van der Waals surface area contributed by atoms with Crippen molar-refractivity contribution in [1.29, 1.82) is 0 Å². The van der Waals surface area contributed by atoms with Gasteiger partial charge in [-0.25, -0.2) is 5.84 Å². The van der Waals surface area contributed by atoms with E-state index in [1.54, 1.807) is 0 Å². The SMILES string of the molecule is CCCCCCCCCCCCCC(=NN)NN. The zero-order chi connectivity index (χ0) is 13.5. The van der Waals surface area contributed by atoms with Gasteiger partial charge in [0.2, 0.25) is 0 Å². The van der Waals surface area contributed by atoms with Gasteiger partial charge in [-0.2, -0.15) is 5.10 Å². The van der Waals surface area contributed by atoms with E-state index in [9.17, 15) is 0 Å². The molecule has 0 unspecified atom stereocenters. The average Bonchev–Trinajstić information content (AvgIpc) is 2.40. The molecule has 0 aromatic heterocycles. The van der Waals surface area contributed by atoms with Crippen LogP contribution in [0.4, 0.5) is 0 Å². The number of hydrogen-bond donors (Lipinski definition) is 3. The van der Waals surface area contributed by atoms with Crippen LogP contribution >= 0.6 is 0 Å². The fraction of sp³-hybridized carbons (Fsp3) is 0.929. The Bertz CT molecular complexity index is 192. The van der Waals surface area contributed by atoms with E-state index in [0.29, 0.717) is 5.84 Å². The van der Waals surface area contributed by atoms with Crippen molar-refractivity contribution in [3.05, 3.63) is 0 Å². The molecule has 0 aromatic rings. The summed E-state index contributed by atoms with van der Waals surface area (Å²) in [4.78, 5) is 0. The Morgan fingerprint density at radius 3 is 1.67 bits per heavy atom. The van der Waals surface area contributed by atoms with Gasteiger partial charge < -0.3 is 11.3 Å². The fourth-order valence-electron chi connectivity index (χ4n) is 2.13. The molecule has 0 saturated carbocycles. The Kier molecular flexibility index (Phi) is 13.7. The number of hydrogen-bond acceptors (Lipinski definition) is 3. The number of hydrazone groups is 1. The average molecular weight is 256 g/mol. The lowest BCUT2D eigenvalue weighted by Gasteiger charge is -2.04. The van der Waals surface area contributed by atoms with Crippen molar-refractivity contribution in [3.8, 4) is 0 Å². The van der Waals surface area contributed by atoms with Crippen molar-refractivity contribution in [1.82, 2.24) is 5.43 Å². The highest BCUT2D eigenvalue weighted by Gasteiger charge is 1.96. The van der Waals surface area contributed by atoms with Gasteiger partial charge in [0.15, 0.2) is 0 Å². The second-order valence-corrected chi connectivity index (χ2v) is 5.01. The van der Waals surface area contributed by atoms with Gasteiger partial charge in [0, 0.05) is 6.42 Å². The van der Waals surface area contributed by atoms with Gasteiger partial charge in [0.05, 0.1) is 0 Å². The Hall–Kier alpha value is -0.770. The van der Waals surface area contributed by atoms with Crippen LogP contribution in [0.3, 0.4) is 0 Å². The Labute approximate surface area is 113 Å². The minimum absolute atomic E-state index is 0.700. The molecule has 0 aliphatic carbocycles. The van der Waals surface area contributed by atoms with Gasteiger partial charge >= 0.3 is 0 Å². The van der Waals surface area contributed by atoms with E-state index in [1.165, 1.54) is 64.2 Å². The van der Waals surface area contributed by atoms with Gasteiger partial charge in [-0.3, -0.25) is 0 Å². The molecule has 0 radical (unpaired) electrons. The van der Waals surface area contributed by atoms with Crippen molar-refractivity contribution in [2.24, 2.45) is 16.8 Å². The van der Waals surface area contributed by atoms with Crippen molar-refractivity contribution < 1.29 is 0 Å². The van der Waals surface area contributed by atoms with E-state index in [0.717, 1.165) is 12.8 Å². The maximum Gasteiger partial charge on any atom is 0.135 e. The summed E-state index contributed by atoms with van der Waals surface area (Å²) >= 11 is 0. The molecular formula is C14H32N4. The second-order valence-electron chi connectivity index (χ2n) is 5.01. The summed E-state index contributed by atoms with van der Waals surface area (Å²) in [6, 6.07) is 0. The first-order valence-electron chi connectivity index (χ1n) is 7.58. The summed E-state index contributed by atoms with van der Waals surface area (Å²) < 4.78 is 0. The molecule has 0 aromatic carbocycles. The molecule has 0 bridgehead atoms. The zero-order valence-electron chi connectivity index (χ0n) is 12.1. The minimum Gasteiger partial charge on any atom is -0.322 e. The lowest BCUT2D eigenvalue weighted by Crippen LogP contribution is -2.31. The smallest absolute Gasteiger partial charge is 0.135 e. The highest BCUT2D eigenvalue weighted by atomic mass is 15.3. The van der Waals surface area contributed by atoms with Crippen molar-refractivity contribution in [3.63, 3.8) is 0 Å². The van der Waals surface area contributed by atoms with Crippen LogP contribution in [0.5, 0.6) is 0 Å². The molecule has 0 atom stereocenters. The van der Waals surface area contributed by atoms with E-state index in [4.69, 9.17) is 11.7 Å². The third kappa shape index (κ3) is 11.7. The van der Waals surface area contributed by atoms with Crippen LogP contribution in [0.15, 0.2) is 5.10 Å². The maximum absolute atomic E-state index is 5.25. The molecule has 5 N–H and O–H groups in total. The first kappa shape index (κ1) is 17.2. The first-order valence-corrected chi connectivity index (χ1v) is 7.58. The van der Waals surface area contributed by atoms with Crippen molar-refractivity contribution >= 4 is 5.84 Å². The molecule has 0 fully saturated rings. The number of unbranched alkanes of at least 4 members (excludes halogenated alkanes) is 10. The summed E-state index contributed by atoms with van der Waals surface area (Å²) in [5.74, 6) is 11.1. The molecule has 0 amide bonds. The van der Waals surface area contributed by atoms with E-state index in [2.05, 4.69) is 17.5 Å². The second kappa shape index (κ2) is 14.3. The summed E-state index contributed by atoms with van der Waals surface area (Å²) in [5, 5.41) is 3.57. The summed E-state index contributed by atoms with van der Waals surface area (Å²) in [7, 11) is 0. The fourth-order valence-corrected chi connectivity index (χ4v) is 2.13. The summed E-state index contributed by atoms with van der Waals surface area (Å²) in [6.45, 7) is 2.26. The molecule has 0 heterocycles. The third-order valence-electron chi connectivity index (χ3n) is 3.34. The number of rotatable bonds is 12. The topological polar surface area (TPSA) is 76.4 Å². The molecule has 4 nitrogen and oxygen atoms in total. The molecule has 18 heavy (non-hydrogen) atoms. The summed E-state index contributed by atoms with van der Waals surface area (Å²) in [6.07, 6.45) is 15.7. The Morgan fingerprint density at radius 1 is 0.833 bits per heavy atom. The van der Waals surface area contributed by atoms with Gasteiger partial charge in [0.25, 0.3) is 0 Å². The van der Waals surface area contributed by atoms with Crippen LogP contribution in [-0.2, 0) is 0 Å². The number of nitrogens with two attached hydrogens (primary N) is 2.